The lowest BCUT2D eigenvalue weighted by atomic mass is 9.79. The van der Waals surface area contributed by atoms with Gasteiger partial charge in [0.15, 0.2) is 0 Å². The van der Waals surface area contributed by atoms with Crippen molar-refractivity contribution in [2.24, 2.45) is 11.8 Å². The van der Waals surface area contributed by atoms with Gasteiger partial charge < -0.3 is 28.4 Å². The van der Waals surface area contributed by atoms with Crippen LogP contribution in [0.25, 0.3) is 66.1 Å². The molecular weight excluding hydrogens is 993 g/mol. The van der Waals surface area contributed by atoms with Gasteiger partial charge in [-0.2, -0.15) is 0 Å². The first-order valence-electron chi connectivity index (χ1n) is 27.1. The molecule has 0 radical (unpaired) electrons. The Morgan fingerprint density at radius 1 is 0.513 bits per heavy atom. The van der Waals surface area contributed by atoms with Gasteiger partial charge >= 0.3 is 0 Å². The van der Waals surface area contributed by atoms with Crippen molar-refractivity contribution >= 4 is 43.9 Å². The number of halogens is 4. The molecule has 78 heavy (non-hydrogen) atoms. The molecule has 2 unspecified atom stereocenters. The highest BCUT2D eigenvalue weighted by atomic mass is 19.3. The maximum Gasteiger partial charge on any atom is 0.248 e. The van der Waals surface area contributed by atoms with Crippen LogP contribution in [0.3, 0.4) is 0 Å². The first-order valence-corrected chi connectivity index (χ1v) is 27.1. The van der Waals surface area contributed by atoms with E-state index in [1.165, 1.54) is 0 Å². The number of pyridine rings is 2. The highest BCUT2D eigenvalue weighted by molar-refractivity contribution is 6.08. The Morgan fingerprint density at radius 3 is 1.19 bits per heavy atom. The van der Waals surface area contributed by atoms with Crippen molar-refractivity contribution < 1.29 is 36.8 Å². The van der Waals surface area contributed by atoms with Gasteiger partial charge in [0.25, 0.3) is 0 Å². The van der Waals surface area contributed by atoms with Gasteiger partial charge in [0.2, 0.25) is 11.8 Å². The lowest BCUT2D eigenvalue weighted by Gasteiger charge is -2.36. The van der Waals surface area contributed by atoms with E-state index in [0.717, 1.165) is 111 Å². The maximum atomic E-state index is 14.3. The normalized spacial score (nSPS) is 17.2. The third-order valence-corrected chi connectivity index (χ3v) is 16.6. The summed E-state index contributed by atoms with van der Waals surface area (Å²) in [7, 11) is 0. The van der Waals surface area contributed by atoms with Crippen molar-refractivity contribution in [2.45, 2.75) is 142 Å². The molecule has 0 aliphatic heterocycles. The number of aliphatic hydroxyl groups is 2. The number of hydrogen-bond acceptors (Lipinski definition) is 8. The molecule has 12 rings (SSSR count). The zero-order valence-electron chi connectivity index (χ0n) is 45.4. The quantitative estimate of drug-likeness (QED) is 0.130. The summed E-state index contributed by atoms with van der Waals surface area (Å²) in [6, 6.07) is 36.1. The van der Waals surface area contributed by atoms with Gasteiger partial charge in [-0.3, -0.25) is 9.97 Å². The van der Waals surface area contributed by atoms with Crippen LogP contribution in [0.2, 0.25) is 0 Å². The Kier molecular flexibility index (Phi) is 13.5. The van der Waals surface area contributed by atoms with E-state index in [9.17, 15) is 27.8 Å². The van der Waals surface area contributed by atoms with Gasteiger partial charge in [0.1, 0.15) is 11.5 Å². The molecule has 0 saturated heterocycles. The fourth-order valence-electron chi connectivity index (χ4n) is 12.6. The van der Waals surface area contributed by atoms with Crippen molar-refractivity contribution in [3.8, 4) is 22.3 Å². The molecule has 2 N–H and O–H groups in total. The lowest BCUT2D eigenvalue weighted by Crippen LogP contribution is -2.30. The first-order chi connectivity index (χ1) is 37.1. The summed E-state index contributed by atoms with van der Waals surface area (Å²) < 4.78 is 72.7. The molecule has 4 aromatic carbocycles. The van der Waals surface area contributed by atoms with Crippen LogP contribution in [0.1, 0.15) is 136 Å². The zero-order valence-corrected chi connectivity index (χ0v) is 45.4. The van der Waals surface area contributed by atoms with Gasteiger partial charge in [-0.05, 0) is 139 Å². The largest absolute Gasteiger partial charge is 0.386 e. The van der Waals surface area contributed by atoms with Crippen LogP contribution in [0, 0.1) is 39.5 Å². The number of benzene rings is 4. The number of fused-ring (bicyclic) bond motifs is 6. The second-order valence-electron chi connectivity index (χ2n) is 23.0. The summed E-state index contributed by atoms with van der Waals surface area (Å²) in [4.78, 5) is 9.86. The summed E-state index contributed by atoms with van der Waals surface area (Å²) in [6.07, 6.45) is 4.94. The number of nitrogens with zero attached hydrogens (tertiary/aromatic N) is 6. The fourth-order valence-corrected chi connectivity index (χ4v) is 12.6. The Morgan fingerprint density at radius 2 is 0.872 bits per heavy atom. The van der Waals surface area contributed by atoms with Crippen LogP contribution in [0.15, 0.2) is 131 Å². The Balaban J connectivity index is 0.000000165. The number of aryl methyl sites for hydroxylation is 4. The standard InChI is InChI=1S/2C32H33F2N3O2/c2*1-19-28(20(2)39-36-19)23-16-27-29(35-18-23)25-11-10-24(31(3,4)38)17-26(25)37(27)30(21-8-6-5-7-9-21)22-12-14-32(33,34)15-13-22/h2*5-11,16-18,22,30,38H,12-15H2,1-4H3. The second kappa shape index (κ2) is 19.9. The van der Waals surface area contributed by atoms with Gasteiger partial charge in [-0.25, -0.2) is 17.6 Å². The van der Waals surface area contributed by atoms with E-state index in [1.807, 2.05) is 113 Å². The minimum absolute atomic E-state index is 0.0133. The molecule has 404 valence electrons. The summed E-state index contributed by atoms with van der Waals surface area (Å²) in [5.74, 6) is -3.78. The summed E-state index contributed by atoms with van der Waals surface area (Å²) in [5, 5.41) is 32.0. The number of alkyl halides is 4. The second-order valence-corrected chi connectivity index (χ2v) is 23.0. The zero-order chi connectivity index (χ0) is 55.1. The van der Waals surface area contributed by atoms with E-state index in [1.54, 1.807) is 27.7 Å². The average Bonchev–Trinajstić information content (AvgIpc) is 4.24. The van der Waals surface area contributed by atoms with Crippen LogP contribution in [-0.4, -0.2) is 51.5 Å². The smallest absolute Gasteiger partial charge is 0.248 e. The van der Waals surface area contributed by atoms with E-state index in [2.05, 4.69) is 55.8 Å². The highest BCUT2D eigenvalue weighted by Gasteiger charge is 2.41. The van der Waals surface area contributed by atoms with Crippen LogP contribution < -0.4 is 0 Å². The minimum atomic E-state index is -2.62. The predicted octanol–water partition coefficient (Wildman–Crippen LogP) is 16.2. The molecule has 2 aliphatic carbocycles. The van der Waals surface area contributed by atoms with E-state index in [0.29, 0.717) is 25.7 Å². The summed E-state index contributed by atoms with van der Waals surface area (Å²) in [5.41, 5.74) is 12.2. The molecule has 2 fully saturated rings. The highest BCUT2D eigenvalue weighted by Crippen LogP contribution is 2.49. The molecule has 2 atom stereocenters. The van der Waals surface area contributed by atoms with Crippen molar-refractivity contribution in [3.63, 3.8) is 0 Å². The molecular formula is C64H66F4N6O4. The van der Waals surface area contributed by atoms with Gasteiger partial charge in [-0.15, -0.1) is 0 Å². The molecule has 10 nitrogen and oxygen atoms in total. The van der Waals surface area contributed by atoms with Crippen molar-refractivity contribution in [1.29, 1.82) is 0 Å². The Bertz CT molecular complexity index is 3520. The molecule has 2 saturated carbocycles. The molecule has 0 amide bonds. The topological polar surface area (TPSA) is 128 Å². The Hall–Kier alpha value is -7.16. The van der Waals surface area contributed by atoms with Crippen molar-refractivity contribution in [3.05, 3.63) is 167 Å². The molecule has 10 aromatic rings. The van der Waals surface area contributed by atoms with E-state index in [4.69, 9.17) is 19.0 Å². The van der Waals surface area contributed by atoms with Crippen molar-refractivity contribution in [2.75, 3.05) is 0 Å². The van der Waals surface area contributed by atoms with Gasteiger partial charge in [-0.1, -0.05) is 95.2 Å². The Labute approximate surface area is 451 Å². The SMILES string of the molecule is Cc1noc(C)c1-c1cnc2c3ccc(C(C)(C)O)cc3n(C(c3ccccc3)C3CCC(F)(F)CC3)c2c1.Cc1noc(C)c1-c1cnc2c3ccc(C(C)(C)O)cc3n(C(c3ccccc3)C3CCC(F)(F)CC3)c2c1. The number of rotatable bonds is 10. The summed E-state index contributed by atoms with van der Waals surface area (Å²) in [6.45, 7) is 14.7. The third kappa shape index (κ3) is 9.91. The van der Waals surface area contributed by atoms with Crippen molar-refractivity contribution in [1.82, 2.24) is 29.4 Å². The molecule has 6 heterocycles. The molecule has 0 spiro atoms. The van der Waals surface area contributed by atoms with E-state index < -0.39 is 23.0 Å². The molecule has 14 heteroatoms. The third-order valence-electron chi connectivity index (χ3n) is 16.6. The fraction of sp³-hybridized carbons (Fsp3) is 0.375. The maximum absolute atomic E-state index is 14.3. The summed E-state index contributed by atoms with van der Waals surface area (Å²) >= 11 is 0. The molecule has 0 bridgehead atoms. The molecule has 6 aromatic heterocycles. The van der Waals surface area contributed by atoms with E-state index in [-0.39, 0.29) is 49.6 Å². The number of hydrogen-bond donors (Lipinski definition) is 2. The number of aromatic nitrogens is 6. The predicted molar refractivity (Wildman–Crippen MR) is 298 cm³/mol. The van der Waals surface area contributed by atoms with Crippen LogP contribution >= 0.6 is 0 Å². The first kappa shape index (κ1) is 52.9. The lowest BCUT2D eigenvalue weighted by molar-refractivity contribution is -0.0498. The van der Waals surface area contributed by atoms with Gasteiger partial charge in [0, 0.05) is 71.1 Å². The van der Waals surface area contributed by atoms with E-state index >= 15 is 0 Å². The average molecular weight is 1060 g/mol. The van der Waals surface area contributed by atoms with Crippen LogP contribution in [0.5, 0.6) is 0 Å². The minimum Gasteiger partial charge on any atom is -0.386 e. The van der Waals surface area contributed by atoms with Crippen LogP contribution in [0.4, 0.5) is 17.6 Å². The van der Waals surface area contributed by atoms with Crippen LogP contribution in [-0.2, 0) is 11.2 Å². The monoisotopic (exact) mass is 1060 g/mol. The molecule has 2 aliphatic rings. The van der Waals surface area contributed by atoms with Gasteiger partial charge in [0.05, 0.1) is 67.8 Å².